The maximum Gasteiger partial charge on any atom is 0.142 e. The van der Waals surface area contributed by atoms with Gasteiger partial charge in [-0.1, -0.05) is 18.8 Å². The maximum atomic E-state index is 13.8. The Bertz CT molecular complexity index is 683. The number of halogens is 1. The Balaban J connectivity index is 2.06. The summed E-state index contributed by atoms with van der Waals surface area (Å²) in [4.78, 5) is 0. The molecular formula is C16H18FN3O. The van der Waals surface area contributed by atoms with Gasteiger partial charge in [-0.15, -0.1) is 0 Å². The molecule has 0 unspecified atom stereocenters. The van der Waals surface area contributed by atoms with Crippen LogP contribution in [0.25, 0.3) is 0 Å². The molecule has 5 heteroatoms. The molecule has 2 aromatic rings. The Morgan fingerprint density at radius 2 is 2.19 bits per heavy atom. The molecule has 0 saturated heterocycles. The second-order valence-electron chi connectivity index (χ2n) is 4.54. The van der Waals surface area contributed by atoms with Crippen molar-refractivity contribution in [2.45, 2.75) is 20.0 Å². The molecule has 0 fully saturated rings. The molecular weight excluding hydrogens is 269 g/mol. The number of aryl methyl sites for hydroxylation is 2. The fourth-order valence-electron chi connectivity index (χ4n) is 1.87. The van der Waals surface area contributed by atoms with Crippen molar-refractivity contribution < 1.29 is 9.13 Å². The molecule has 0 radical (unpaired) electrons. The van der Waals surface area contributed by atoms with Gasteiger partial charge in [0, 0.05) is 13.1 Å². The highest BCUT2D eigenvalue weighted by Crippen LogP contribution is 2.17. The quantitative estimate of drug-likeness (QED) is 0.875. The molecule has 0 aliphatic carbocycles. The molecule has 21 heavy (non-hydrogen) atoms. The summed E-state index contributed by atoms with van der Waals surface area (Å²) in [5, 5.41) is 4.34. The summed E-state index contributed by atoms with van der Waals surface area (Å²) < 4.78 is 21.2. The lowest BCUT2D eigenvalue weighted by molar-refractivity contribution is 0.293. The Kier molecular flexibility index (Phi) is 4.96. The van der Waals surface area contributed by atoms with Gasteiger partial charge in [0.15, 0.2) is 0 Å². The molecule has 0 bridgehead atoms. The maximum absolute atomic E-state index is 13.8. The van der Waals surface area contributed by atoms with Crippen molar-refractivity contribution >= 4 is 0 Å². The summed E-state index contributed by atoms with van der Waals surface area (Å²) >= 11 is 0. The highest BCUT2D eigenvalue weighted by molar-refractivity contribution is 5.39. The normalized spacial score (nSPS) is 10.1. The van der Waals surface area contributed by atoms with Gasteiger partial charge in [0.05, 0.1) is 23.5 Å². The van der Waals surface area contributed by atoms with E-state index < -0.39 is 5.82 Å². The summed E-state index contributed by atoms with van der Waals surface area (Å²) in [6.45, 7) is 2.60. The van der Waals surface area contributed by atoms with Crippen molar-refractivity contribution in [3.63, 3.8) is 0 Å². The first kappa shape index (κ1) is 15.1. The molecule has 110 valence electrons. The highest BCUT2D eigenvalue weighted by Gasteiger charge is 2.06. The van der Waals surface area contributed by atoms with Gasteiger partial charge in [0.1, 0.15) is 18.2 Å². The number of nitrogens with zero attached hydrogens (tertiary/aromatic N) is 2. The Labute approximate surface area is 123 Å². The van der Waals surface area contributed by atoms with E-state index in [2.05, 4.69) is 16.9 Å². The third-order valence-corrected chi connectivity index (χ3v) is 3.04. The van der Waals surface area contributed by atoms with Gasteiger partial charge in [0.2, 0.25) is 0 Å². The van der Waals surface area contributed by atoms with E-state index in [0.717, 1.165) is 17.8 Å². The predicted molar refractivity (Wildman–Crippen MR) is 79.3 cm³/mol. The minimum atomic E-state index is -0.410. The van der Waals surface area contributed by atoms with Crippen LogP contribution in [0.15, 0.2) is 24.3 Å². The second kappa shape index (κ2) is 6.91. The molecule has 2 rings (SSSR count). The molecule has 4 nitrogen and oxygen atoms in total. The van der Waals surface area contributed by atoms with Crippen molar-refractivity contribution in [2.75, 3.05) is 6.54 Å². The standard InChI is InChI=1S/C16H18FN3O/c1-3-13-9-14(20(2)19-13)11-21-15-7-6-12(5-4-8-18)16(17)10-15/h6-7,9-10H,3,8,11,18H2,1-2H3. The van der Waals surface area contributed by atoms with Crippen LogP contribution in [0.5, 0.6) is 5.75 Å². The third kappa shape index (κ3) is 3.83. The molecule has 1 heterocycles. The van der Waals surface area contributed by atoms with Crippen molar-refractivity contribution in [1.29, 1.82) is 0 Å². The zero-order chi connectivity index (χ0) is 15.2. The summed E-state index contributed by atoms with van der Waals surface area (Å²) in [6.07, 6.45) is 0.872. The van der Waals surface area contributed by atoms with Crippen LogP contribution in [0, 0.1) is 17.7 Å². The third-order valence-electron chi connectivity index (χ3n) is 3.04. The largest absolute Gasteiger partial charge is 0.487 e. The first-order chi connectivity index (χ1) is 10.1. The van der Waals surface area contributed by atoms with Gasteiger partial charge in [-0.25, -0.2) is 4.39 Å². The molecule has 0 amide bonds. The molecule has 2 N–H and O–H groups in total. The summed E-state index contributed by atoms with van der Waals surface area (Å²) in [7, 11) is 1.87. The van der Waals surface area contributed by atoms with Crippen LogP contribution >= 0.6 is 0 Å². The molecule has 1 aromatic carbocycles. The van der Waals surface area contributed by atoms with E-state index in [9.17, 15) is 4.39 Å². The zero-order valence-electron chi connectivity index (χ0n) is 12.2. The molecule has 0 spiro atoms. The number of hydrogen-bond donors (Lipinski definition) is 1. The zero-order valence-corrected chi connectivity index (χ0v) is 12.2. The molecule has 0 atom stereocenters. The average molecular weight is 287 g/mol. The van der Waals surface area contributed by atoms with Crippen molar-refractivity contribution in [1.82, 2.24) is 9.78 Å². The van der Waals surface area contributed by atoms with E-state index in [1.54, 1.807) is 16.8 Å². The van der Waals surface area contributed by atoms with E-state index in [1.807, 2.05) is 20.0 Å². The van der Waals surface area contributed by atoms with E-state index in [0.29, 0.717) is 17.9 Å². The SMILES string of the molecule is CCc1cc(COc2ccc(C#CCN)c(F)c2)n(C)n1. The van der Waals surface area contributed by atoms with E-state index in [4.69, 9.17) is 10.5 Å². The number of ether oxygens (including phenoxy) is 1. The first-order valence-electron chi connectivity index (χ1n) is 6.77. The molecule has 1 aromatic heterocycles. The first-order valence-corrected chi connectivity index (χ1v) is 6.77. The van der Waals surface area contributed by atoms with Crippen LogP contribution in [0.3, 0.4) is 0 Å². The number of hydrogen-bond acceptors (Lipinski definition) is 3. The van der Waals surface area contributed by atoms with Crippen LogP contribution in [0.4, 0.5) is 4.39 Å². The van der Waals surface area contributed by atoms with E-state index in [-0.39, 0.29) is 6.54 Å². The predicted octanol–water partition coefficient (Wildman–Crippen LogP) is 2.01. The van der Waals surface area contributed by atoms with Crippen molar-refractivity contribution in [3.8, 4) is 17.6 Å². The number of nitrogens with two attached hydrogens (primary N) is 1. The van der Waals surface area contributed by atoms with Gasteiger partial charge >= 0.3 is 0 Å². The Morgan fingerprint density at radius 1 is 1.38 bits per heavy atom. The Hall–Kier alpha value is -2.32. The molecule has 0 aliphatic heterocycles. The fourth-order valence-corrected chi connectivity index (χ4v) is 1.87. The summed E-state index contributed by atoms with van der Waals surface area (Å²) in [6, 6.07) is 6.60. The number of benzene rings is 1. The van der Waals surface area contributed by atoms with Crippen LogP contribution < -0.4 is 10.5 Å². The number of aromatic nitrogens is 2. The monoisotopic (exact) mass is 287 g/mol. The van der Waals surface area contributed by atoms with Crippen molar-refractivity contribution in [2.24, 2.45) is 12.8 Å². The lowest BCUT2D eigenvalue weighted by Gasteiger charge is -2.07. The molecule has 0 aliphatic rings. The van der Waals surface area contributed by atoms with Crippen LogP contribution in [-0.4, -0.2) is 16.3 Å². The van der Waals surface area contributed by atoms with Crippen LogP contribution in [0.2, 0.25) is 0 Å². The summed E-state index contributed by atoms with van der Waals surface area (Å²) in [5.74, 6) is 5.35. The smallest absolute Gasteiger partial charge is 0.142 e. The van der Waals surface area contributed by atoms with Crippen LogP contribution in [0.1, 0.15) is 23.9 Å². The van der Waals surface area contributed by atoms with Gasteiger partial charge < -0.3 is 10.5 Å². The minimum absolute atomic E-state index is 0.206. The van der Waals surface area contributed by atoms with Gasteiger partial charge in [-0.2, -0.15) is 5.10 Å². The van der Waals surface area contributed by atoms with Crippen LogP contribution in [-0.2, 0) is 20.1 Å². The molecule has 0 saturated carbocycles. The Morgan fingerprint density at radius 3 is 2.81 bits per heavy atom. The summed E-state index contributed by atoms with van der Waals surface area (Å²) in [5.41, 5.74) is 7.54. The van der Waals surface area contributed by atoms with E-state index in [1.165, 1.54) is 6.07 Å². The van der Waals surface area contributed by atoms with Gasteiger partial charge in [-0.3, -0.25) is 4.68 Å². The lowest BCUT2D eigenvalue weighted by Crippen LogP contribution is -2.03. The average Bonchev–Trinajstić information content (AvgIpc) is 2.84. The van der Waals surface area contributed by atoms with E-state index >= 15 is 0 Å². The topological polar surface area (TPSA) is 53.1 Å². The minimum Gasteiger partial charge on any atom is -0.487 e. The number of rotatable bonds is 4. The lowest BCUT2D eigenvalue weighted by atomic mass is 10.2. The fraction of sp³-hybridized carbons (Fsp3) is 0.312. The van der Waals surface area contributed by atoms with Crippen molar-refractivity contribution in [3.05, 3.63) is 47.0 Å². The second-order valence-corrected chi connectivity index (χ2v) is 4.54. The van der Waals surface area contributed by atoms with Gasteiger partial charge in [-0.05, 0) is 24.6 Å². The highest BCUT2D eigenvalue weighted by atomic mass is 19.1. The van der Waals surface area contributed by atoms with Gasteiger partial charge in [0.25, 0.3) is 0 Å².